The van der Waals surface area contributed by atoms with Gasteiger partial charge in [-0.05, 0) is 26.2 Å². The molecule has 6 nitrogen and oxygen atoms in total. The average Bonchev–Trinajstić information content (AvgIpc) is 2.56. The number of aryl methyl sites for hydroxylation is 1. The molecule has 1 aromatic heterocycles. The molecule has 2 fully saturated rings. The van der Waals surface area contributed by atoms with Gasteiger partial charge >= 0.3 is 0 Å². The second-order valence-corrected chi connectivity index (χ2v) is 6.48. The Kier molecular flexibility index (Phi) is 6.05. The van der Waals surface area contributed by atoms with Gasteiger partial charge in [0.25, 0.3) is 0 Å². The van der Waals surface area contributed by atoms with E-state index < -0.39 is 0 Å². The van der Waals surface area contributed by atoms with Crippen LogP contribution in [0.1, 0.15) is 25.1 Å². The van der Waals surface area contributed by atoms with E-state index in [0.717, 1.165) is 70.4 Å². The Bertz CT molecular complexity index is 483. The van der Waals surface area contributed by atoms with Gasteiger partial charge in [0.2, 0.25) is 0 Å². The molecule has 0 saturated carbocycles. The first-order valence-electron chi connectivity index (χ1n) is 8.42. The monoisotopic (exact) mass is 340 g/mol. The van der Waals surface area contributed by atoms with E-state index in [4.69, 9.17) is 21.1 Å². The normalized spacial score (nSPS) is 23.2. The third kappa shape index (κ3) is 5.01. The van der Waals surface area contributed by atoms with Gasteiger partial charge in [-0.15, -0.1) is 0 Å². The van der Waals surface area contributed by atoms with Gasteiger partial charge < -0.3 is 14.4 Å². The molecule has 0 amide bonds. The number of piperazine rings is 1. The highest BCUT2D eigenvalue weighted by molar-refractivity contribution is 6.29. The van der Waals surface area contributed by atoms with Gasteiger partial charge in [-0.25, -0.2) is 9.97 Å². The highest BCUT2D eigenvalue weighted by Gasteiger charge is 2.19. The van der Waals surface area contributed by atoms with Gasteiger partial charge in [0.15, 0.2) is 6.29 Å². The van der Waals surface area contributed by atoms with E-state index in [-0.39, 0.29) is 6.29 Å². The van der Waals surface area contributed by atoms with E-state index in [1.165, 1.54) is 6.42 Å². The number of hydrogen-bond donors (Lipinski definition) is 0. The molecule has 2 saturated heterocycles. The van der Waals surface area contributed by atoms with Crippen molar-refractivity contribution in [1.29, 1.82) is 0 Å². The maximum absolute atomic E-state index is 6.02. The minimum absolute atomic E-state index is 0.0103. The second-order valence-electron chi connectivity index (χ2n) is 6.09. The SMILES string of the molecule is Cc1nc(Cl)cc(N2CCN(CCOC3CCCCO3)CC2)n1. The average molecular weight is 341 g/mol. The lowest BCUT2D eigenvalue weighted by Gasteiger charge is -2.35. The van der Waals surface area contributed by atoms with E-state index in [9.17, 15) is 0 Å². The van der Waals surface area contributed by atoms with Gasteiger partial charge in [0, 0.05) is 45.4 Å². The Morgan fingerprint density at radius 2 is 2.09 bits per heavy atom. The molecule has 128 valence electrons. The van der Waals surface area contributed by atoms with Gasteiger partial charge in [0.05, 0.1) is 6.61 Å². The number of anilines is 1. The van der Waals surface area contributed by atoms with Crippen LogP contribution in [-0.4, -0.2) is 67.1 Å². The third-order valence-corrected chi connectivity index (χ3v) is 4.53. The summed E-state index contributed by atoms with van der Waals surface area (Å²) in [5, 5.41) is 0.510. The summed E-state index contributed by atoms with van der Waals surface area (Å²) in [7, 11) is 0. The van der Waals surface area contributed by atoms with Crippen LogP contribution in [-0.2, 0) is 9.47 Å². The maximum Gasteiger partial charge on any atom is 0.157 e. The summed E-state index contributed by atoms with van der Waals surface area (Å²) >= 11 is 6.02. The number of hydrogen-bond acceptors (Lipinski definition) is 6. The van der Waals surface area contributed by atoms with E-state index in [1.54, 1.807) is 0 Å². The smallest absolute Gasteiger partial charge is 0.157 e. The molecule has 0 aromatic carbocycles. The summed E-state index contributed by atoms with van der Waals surface area (Å²) in [6.45, 7) is 8.32. The largest absolute Gasteiger partial charge is 0.354 e. The van der Waals surface area contributed by atoms with Crippen LogP contribution in [0, 0.1) is 6.92 Å². The molecule has 3 rings (SSSR count). The van der Waals surface area contributed by atoms with Crippen LogP contribution in [0.4, 0.5) is 5.82 Å². The van der Waals surface area contributed by atoms with E-state index >= 15 is 0 Å². The molecule has 1 unspecified atom stereocenters. The summed E-state index contributed by atoms with van der Waals surface area (Å²) in [4.78, 5) is 13.3. The molecular formula is C16H25ClN4O2. The maximum atomic E-state index is 6.02. The van der Waals surface area contributed by atoms with Crippen molar-refractivity contribution in [2.45, 2.75) is 32.5 Å². The van der Waals surface area contributed by atoms with Crippen molar-refractivity contribution in [2.24, 2.45) is 0 Å². The van der Waals surface area contributed by atoms with Crippen molar-refractivity contribution < 1.29 is 9.47 Å². The standard InChI is InChI=1S/C16H25ClN4O2/c1-13-18-14(17)12-15(19-13)21-7-5-20(6-8-21)9-11-23-16-4-2-3-10-22-16/h12,16H,2-11H2,1H3. The van der Waals surface area contributed by atoms with Gasteiger partial charge in [-0.2, -0.15) is 0 Å². The van der Waals surface area contributed by atoms with Gasteiger partial charge in [-0.3, -0.25) is 4.90 Å². The van der Waals surface area contributed by atoms with Crippen LogP contribution >= 0.6 is 11.6 Å². The van der Waals surface area contributed by atoms with E-state index in [1.807, 2.05) is 13.0 Å². The van der Waals surface area contributed by atoms with Crippen molar-refractivity contribution in [3.63, 3.8) is 0 Å². The lowest BCUT2D eigenvalue weighted by atomic mass is 10.2. The molecule has 0 aliphatic carbocycles. The van der Waals surface area contributed by atoms with E-state index in [0.29, 0.717) is 5.15 Å². The molecule has 0 bridgehead atoms. The fourth-order valence-corrected chi connectivity index (χ4v) is 3.25. The molecule has 1 aromatic rings. The van der Waals surface area contributed by atoms with Crippen LogP contribution in [0.2, 0.25) is 5.15 Å². The van der Waals surface area contributed by atoms with Crippen LogP contribution in [0.25, 0.3) is 0 Å². The molecule has 0 spiro atoms. The molecule has 0 radical (unpaired) electrons. The van der Waals surface area contributed by atoms with Crippen LogP contribution < -0.4 is 4.90 Å². The summed E-state index contributed by atoms with van der Waals surface area (Å²) in [5.41, 5.74) is 0. The number of ether oxygens (including phenoxy) is 2. The van der Waals surface area contributed by atoms with Crippen LogP contribution in [0.5, 0.6) is 0 Å². The second kappa shape index (κ2) is 8.24. The van der Waals surface area contributed by atoms with Crippen molar-refractivity contribution in [2.75, 3.05) is 50.8 Å². The van der Waals surface area contributed by atoms with Crippen molar-refractivity contribution in [3.05, 3.63) is 17.0 Å². The zero-order valence-electron chi connectivity index (χ0n) is 13.7. The predicted molar refractivity (Wildman–Crippen MR) is 90.0 cm³/mol. The fourth-order valence-electron chi connectivity index (χ4n) is 3.03. The number of rotatable bonds is 5. The van der Waals surface area contributed by atoms with Gasteiger partial charge in [-0.1, -0.05) is 11.6 Å². The van der Waals surface area contributed by atoms with Crippen molar-refractivity contribution >= 4 is 17.4 Å². The Morgan fingerprint density at radius 1 is 1.26 bits per heavy atom. The number of aromatic nitrogens is 2. The molecule has 7 heteroatoms. The quantitative estimate of drug-likeness (QED) is 0.765. The molecule has 0 N–H and O–H groups in total. The zero-order valence-corrected chi connectivity index (χ0v) is 14.5. The first-order chi connectivity index (χ1) is 11.2. The zero-order chi connectivity index (χ0) is 16.1. The number of halogens is 1. The molecule has 23 heavy (non-hydrogen) atoms. The summed E-state index contributed by atoms with van der Waals surface area (Å²) in [5.74, 6) is 1.64. The molecule has 2 aliphatic heterocycles. The van der Waals surface area contributed by atoms with Crippen LogP contribution in [0.15, 0.2) is 6.07 Å². The lowest BCUT2D eigenvalue weighted by molar-refractivity contribution is -0.164. The minimum Gasteiger partial charge on any atom is -0.354 e. The van der Waals surface area contributed by atoms with Crippen molar-refractivity contribution in [3.8, 4) is 0 Å². The van der Waals surface area contributed by atoms with Crippen LogP contribution in [0.3, 0.4) is 0 Å². The summed E-state index contributed by atoms with van der Waals surface area (Å²) in [6, 6.07) is 1.84. The summed E-state index contributed by atoms with van der Waals surface area (Å²) in [6.07, 6.45) is 3.41. The molecular weight excluding hydrogens is 316 g/mol. The Hall–Kier alpha value is -0.950. The van der Waals surface area contributed by atoms with Crippen molar-refractivity contribution in [1.82, 2.24) is 14.9 Å². The lowest BCUT2D eigenvalue weighted by Crippen LogP contribution is -2.47. The highest BCUT2D eigenvalue weighted by Crippen LogP contribution is 2.18. The molecule has 3 heterocycles. The Balaban J connectivity index is 1.39. The molecule has 1 atom stereocenters. The fraction of sp³-hybridized carbons (Fsp3) is 0.750. The third-order valence-electron chi connectivity index (χ3n) is 4.34. The molecule has 2 aliphatic rings. The first-order valence-corrected chi connectivity index (χ1v) is 8.80. The topological polar surface area (TPSA) is 50.7 Å². The first kappa shape index (κ1) is 16.9. The van der Waals surface area contributed by atoms with E-state index in [2.05, 4.69) is 19.8 Å². The minimum atomic E-state index is 0.0103. The number of nitrogens with zero attached hydrogens (tertiary/aromatic N) is 4. The Morgan fingerprint density at radius 3 is 2.78 bits per heavy atom. The highest BCUT2D eigenvalue weighted by atomic mass is 35.5. The van der Waals surface area contributed by atoms with Gasteiger partial charge in [0.1, 0.15) is 16.8 Å². The predicted octanol–water partition coefficient (Wildman–Crippen LogP) is 2.10. The Labute approximate surface area is 142 Å². The summed E-state index contributed by atoms with van der Waals surface area (Å²) < 4.78 is 11.4.